The second-order valence-electron chi connectivity index (χ2n) is 7.67. The van der Waals surface area contributed by atoms with Gasteiger partial charge in [0.2, 0.25) is 15.9 Å². The fraction of sp³-hybridized carbons (Fsp3) is 0.333. The minimum absolute atomic E-state index is 0.0447. The van der Waals surface area contributed by atoms with Gasteiger partial charge in [-0.2, -0.15) is 0 Å². The Morgan fingerprint density at radius 2 is 1.88 bits per heavy atom. The van der Waals surface area contributed by atoms with Crippen molar-refractivity contribution in [1.82, 2.24) is 10.0 Å². The van der Waals surface area contributed by atoms with Gasteiger partial charge >= 0.3 is 0 Å². The van der Waals surface area contributed by atoms with Crippen molar-refractivity contribution < 1.29 is 22.7 Å². The Labute approximate surface area is 194 Å². The van der Waals surface area contributed by atoms with E-state index in [0.29, 0.717) is 36.6 Å². The second-order valence-corrected chi connectivity index (χ2v) is 9.39. The van der Waals surface area contributed by atoms with Crippen LogP contribution in [0.5, 0.6) is 0 Å². The summed E-state index contributed by atoms with van der Waals surface area (Å²) in [4.78, 5) is 24.7. The van der Waals surface area contributed by atoms with E-state index in [1.54, 1.807) is 42.5 Å². The van der Waals surface area contributed by atoms with E-state index < -0.39 is 10.0 Å². The number of nitrogens with one attached hydrogen (secondary N) is 3. The Hall–Kier alpha value is -3.01. The molecule has 0 aromatic heterocycles. The van der Waals surface area contributed by atoms with E-state index in [2.05, 4.69) is 15.4 Å². The maximum atomic E-state index is 12.3. The van der Waals surface area contributed by atoms with Gasteiger partial charge in [0.1, 0.15) is 0 Å². The highest BCUT2D eigenvalue weighted by atomic mass is 32.2. The van der Waals surface area contributed by atoms with Crippen LogP contribution >= 0.6 is 0 Å². The van der Waals surface area contributed by atoms with Crippen molar-refractivity contribution >= 4 is 33.6 Å². The Balaban J connectivity index is 1.51. The van der Waals surface area contributed by atoms with Gasteiger partial charge in [0.25, 0.3) is 5.91 Å². The van der Waals surface area contributed by atoms with Gasteiger partial charge < -0.3 is 15.4 Å². The molecule has 0 radical (unpaired) electrons. The van der Waals surface area contributed by atoms with Crippen LogP contribution in [0.15, 0.2) is 59.5 Å². The van der Waals surface area contributed by atoms with Gasteiger partial charge in [0.15, 0.2) is 0 Å². The van der Waals surface area contributed by atoms with Gasteiger partial charge in [-0.05, 0) is 68.2 Å². The molecule has 176 valence electrons. The van der Waals surface area contributed by atoms with Crippen molar-refractivity contribution in [2.24, 2.45) is 0 Å². The van der Waals surface area contributed by atoms with Crippen LogP contribution in [-0.4, -0.2) is 46.0 Å². The van der Waals surface area contributed by atoms with Gasteiger partial charge in [0.05, 0.1) is 4.90 Å². The molecular weight excluding hydrogens is 442 g/mol. The molecule has 8 nitrogen and oxygen atoms in total. The van der Waals surface area contributed by atoms with Gasteiger partial charge in [-0.1, -0.05) is 18.2 Å². The third kappa shape index (κ3) is 8.12. The molecule has 1 fully saturated rings. The number of benzene rings is 2. The van der Waals surface area contributed by atoms with E-state index in [-0.39, 0.29) is 22.8 Å². The molecule has 2 amide bonds. The van der Waals surface area contributed by atoms with Crippen molar-refractivity contribution in [1.29, 1.82) is 0 Å². The number of rotatable bonds is 12. The predicted molar refractivity (Wildman–Crippen MR) is 127 cm³/mol. The molecule has 1 saturated carbocycles. The summed E-state index contributed by atoms with van der Waals surface area (Å²) in [7, 11) is -3.50. The first-order valence-electron chi connectivity index (χ1n) is 10.9. The molecule has 0 atom stereocenters. The summed E-state index contributed by atoms with van der Waals surface area (Å²) in [5.74, 6) is -0.583. The molecule has 1 aliphatic rings. The number of anilines is 1. The number of hydrogen-bond acceptors (Lipinski definition) is 5. The van der Waals surface area contributed by atoms with E-state index in [1.165, 1.54) is 18.2 Å². The maximum Gasteiger partial charge on any atom is 0.251 e. The molecule has 2 aromatic carbocycles. The molecular formula is C24H29N3O5S. The Kier molecular flexibility index (Phi) is 8.76. The van der Waals surface area contributed by atoms with Crippen LogP contribution in [0.3, 0.4) is 0 Å². The van der Waals surface area contributed by atoms with Gasteiger partial charge in [-0.3, -0.25) is 9.59 Å². The lowest BCUT2D eigenvalue weighted by Crippen LogP contribution is -2.25. The monoisotopic (exact) mass is 471 g/mol. The minimum atomic E-state index is -3.50. The number of carbonyl (C=O) groups excluding carboxylic acids is 2. The molecule has 2 aromatic rings. The van der Waals surface area contributed by atoms with E-state index in [1.807, 2.05) is 6.92 Å². The van der Waals surface area contributed by atoms with Crippen LogP contribution < -0.4 is 15.4 Å². The molecule has 0 aliphatic heterocycles. The quantitative estimate of drug-likeness (QED) is 0.325. The molecule has 0 spiro atoms. The summed E-state index contributed by atoms with van der Waals surface area (Å²) < 4.78 is 32.3. The maximum absolute atomic E-state index is 12.3. The number of amides is 2. The van der Waals surface area contributed by atoms with Crippen molar-refractivity contribution in [2.45, 2.75) is 37.1 Å². The average Bonchev–Trinajstić information content (AvgIpc) is 3.61. The zero-order chi connectivity index (χ0) is 23.7. The number of hydrogen-bond donors (Lipinski definition) is 3. The topological polar surface area (TPSA) is 114 Å². The van der Waals surface area contributed by atoms with E-state index in [0.717, 1.165) is 19.3 Å². The molecule has 0 saturated heterocycles. The predicted octanol–water partition coefficient (Wildman–Crippen LogP) is 2.94. The lowest BCUT2D eigenvalue weighted by Gasteiger charge is -2.08. The summed E-state index contributed by atoms with van der Waals surface area (Å²) in [6, 6.07) is 13.0. The smallest absolute Gasteiger partial charge is 0.251 e. The number of ether oxygens (including phenoxy) is 1. The van der Waals surface area contributed by atoms with Crippen LogP contribution in [-0.2, 0) is 19.6 Å². The summed E-state index contributed by atoms with van der Waals surface area (Å²) in [5, 5.41) is 5.54. The Bertz CT molecular complexity index is 1090. The highest BCUT2D eigenvalue weighted by molar-refractivity contribution is 7.89. The normalized spacial score (nSPS) is 13.7. The first kappa shape index (κ1) is 24.6. The minimum Gasteiger partial charge on any atom is -0.382 e. The standard InChI is InChI=1S/C24H29N3O5S/c1-2-32-16-4-15-25-24(29)19-5-3-6-21(17-19)26-23(28)14-9-18-7-12-22(13-8-18)33(30,31)27-20-10-11-20/h3,5-9,12-14,17,20,27H,2,4,10-11,15-16H2,1H3,(H,25,29)(H,26,28). The third-order valence-electron chi connectivity index (χ3n) is 4.86. The summed E-state index contributed by atoms with van der Waals surface area (Å²) >= 11 is 0. The van der Waals surface area contributed by atoms with E-state index in [4.69, 9.17) is 4.74 Å². The van der Waals surface area contributed by atoms with E-state index >= 15 is 0 Å². The molecule has 0 heterocycles. The first-order valence-corrected chi connectivity index (χ1v) is 12.4. The van der Waals surface area contributed by atoms with Crippen LogP contribution in [0.2, 0.25) is 0 Å². The van der Waals surface area contributed by atoms with Crippen molar-refractivity contribution in [3.8, 4) is 0 Å². The molecule has 9 heteroatoms. The Morgan fingerprint density at radius 1 is 1.12 bits per heavy atom. The Morgan fingerprint density at radius 3 is 2.58 bits per heavy atom. The summed E-state index contributed by atoms with van der Waals surface area (Å²) in [6.07, 6.45) is 5.42. The summed E-state index contributed by atoms with van der Waals surface area (Å²) in [6.45, 7) is 3.67. The zero-order valence-electron chi connectivity index (χ0n) is 18.5. The molecule has 1 aliphatic carbocycles. The van der Waals surface area contributed by atoms with Crippen molar-refractivity contribution in [3.63, 3.8) is 0 Å². The molecule has 3 rings (SSSR count). The lowest BCUT2D eigenvalue weighted by molar-refractivity contribution is -0.111. The van der Waals surface area contributed by atoms with Crippen LogP contribution in [0.4, 0.5) is 5.69 Å². The van der Waals surface area contributed by atoms with Crippen LogP contribution in [0.25, 0.3) is 6.08 Å². The third-order valence-corrected chi connectivity index (χ3v) is 6.40. The largest absolute Gasteiger partial charge is 0.382 e. The fourth-order valence-corrected chi connectivity index (χ4v) is 4.27. The lowest BCUT2D eigenvalue weighted by atomic mass is 10.2. The average molecular weight is 472 g/mol. The number of sulfonamides is 1. The molecule has 0 unspecified atom stereocenters. The second kappa shape index (κ2) is 11.7. The summed E-state index contributed by atoms with van der Waals surface area (Å²) in [5.41, 5.74) is 1.64. The first-order chi connectivity index (χ1) is 15.9. The fourth-order valence-electron chi connectivity index (χ4n) is 2.96. The number of carbonyl (C=O) groups is 2. The highest BCUT2D eigenvalue weighted by Crippen LogP contribution is 2.22. The molecule has 33 heavy (non-hydrogen) atoms. The van der Waals surface area contributed by atoms with Gasteiger partial charge in [0, 0.05) is 43.1 Å². The SMILES string of the molecule is CCOCCCNC(=O)c1cccc(NC(=O)C=Cc2ccc(S(=O)(=O)NC3CC3)cc2)c1. The highest BCUT2D eigenvalue weighted by Gasteiger charge is 2.27. The van der Waals surface area contributed by atoms with Gasteiger partial charge in [-0.25, -0.2) is 13.1 Å². The van der Waals surface area contributed by atoms with Crippen LogP contribution in [0.1, 0.15) is 42.1 Å². The van der Waals surface area contributed by atoms with Crippen LogP contribution in [0, 0.1) is 0 Å². The van der Waals surface area contributed by atoms with E-state index in [9.17, 15) is 18.0 Å². The van der Waals surface area contributed by atoms with Gasteiger partial charge in [-0.15, -0.1) is 0 Å². The zero-order valence-corrected chi connectivity index (χ0v) is 19.4. The molecule has 0 bridgehead atoms. The molecule has 3 N–H and O–H groups in total. The van der Waals surface area contributed by atoms with Crippen molar-refractivity contribution in [2.75, 3.05) is 25.1 Å². The van der Waals surface area contributed by atoms with Crippen molar-refractivity contribution in [3.05, 3.63) is 65.7 Å².